The summed E-state index contributed by atoms with van der Waals surface area (Å²) in [4.78, 5) is 27.7. The highest BCUT2D eigenvalue weighted by Crippen LogP contribution is 2.24. The first-order chi connectivity index (χ1) is 14.8. The van der Waals surface area contributed by atoms with Crippen molar-refractivity contribution >= 4 is 26.5 Å². The lowest BCUT2D eigenvalue weighted by molar-refractivity contribution is 0.0674. The summed E-state index contributed by atoms with van der Waals surface area (Å²) in [6, 6.07) is 13.6. The first kappa shape index (κ1) is 21.0. The number of aryl methyl sites for hydroxylation is 1. The Morgan fingerprint density at radius 1 is 1.16 bits per heavy atom. The molecule has 4 rings (SSSR count). The molecule has 3 aromatic rings. The second-order valence-corrected chi connectivity index (χ2v) is 9.89. The fourth-order valence-corrected chi connectivity index (χ4v) is 5.64. The smallest absolute Gasteiger partial charge is 0.275 e. The van der Waals surface area contributed by atoms with Crippen LogP contribution in [0, 0.1) is 0 Å². The lowest BCUT2D eigenvalue weighted by Gasteiger charge is -2.28. The molecule has 1 amide bonds. The van der Waals surface area contributed by atoms with Crippen LogP contribution < -0.4 is 10.3 Å². The molecule has 162 valence electrons. The van der Waals surface area contributed by atoms with E-state index < -0.39 is 21.8 Å². The molecule has 1 aliphatic rings. The predicted molar refractivity (Wildman–Crippen MR) is 117 cm³/mol. The molecular formula is C22H23N3O5S. The number of rotatable bonds is 5. The molecule has 2 aromatic carbocycles. The second kappa shape index (κ2) is 8.14. The molecule has 0 unspecified atom stereocenters. The minimum absolute atomic E-state index is 0.0471. The summed E-state index contributed by atoms with van der Waals surface area (Å²) < 4.78 is 30.6. The van der Waals surface area contributed by atoms with Gasteiger partial charge in [-0.25, -0.2) is 13.1 Å². The van der Waals surface area contributed by atoms with Crippen LogP contribution in [-0.4, -0.2) is 53.7 Å². The Morgan fingerprint density at radius 3 is 2.45 bits per heavy atom. The van der Waals surface area contributed by atoms with E-state index in [0.717, 1.165) is 10.2 Å². The number of fused-ring (bicyclic) bond motifs is 1. The number of benzene rings is 2. The highest BCUT2D eigenvalue weighted by molar-refractivity contribution is 7.91. The molecule has 0 radical (unpaired) electrons. The van der Waals surface area contributed by atoms with E-state index in [0.29, 0.717) is 22.9 Å². The largest absolute Gasteiger partial charge is 0.497 e. The number of hydrogen-bond acceptors (Lipinski definition) is 6. The van der Waals surface area contributed by atoms with Gasteiger partial charge in [0, 0.05) is 25.0 Å². The minimum atomic E-state index is -3.21. The van der Waals surface area contributed by atoms with E-state index in [4.69, 9.17) is 4.74 Å². The van der Waals surface area contributed by atoms with Gasteiger partial charge in [0.1, 0.15) is 5.75 Å². The number of carbonyl (C=O) groups is 1. The van der Waals surface area contributed by atoms with Gasteiger partial charge in [-0.1, -0.05) is 30.3 Å². The summed E-state index contributed by atoms with van der Waals surface area (Å²) in [6.45, 7) is 0.224. The standard InChI is InChI=1S/C22H23N3O5S/c1-24-21(26)19-6-4-3-5-18(19)20(23-24)22(27)25(16-11-12-31(28,29)14-16)13-15-7-9-17(30-2)10-8-15/h3-10,16H,11-14H2,1-2H3/t16-/m0/s1. The number of carbonyl (C=O) groups excluding carboxylic acids is 1. The predicted octanol–water partition coefficient (Wildman–Crippen LogP) is 1.77. The van der Waals surface area contributed by atoms with E-state index >= 15 is 0 Å². The third-order valence-electron chi connectivity index (χ3n) is 5.58. The van der Waals surface area contributed by atoms with Crippen molar-refractivity contribution in [2.45, 2.75) is 19.0 Å². The van der Waals surface area contributed by atoms with Crippen LogP contribution in [0.5, 0.6) is 5.75 Å². The quantitative estimate of drug-likeness (QED) is 0.599. The van der Waals surface area contributed by atoms with E-state index in [1.165, 1.54) is 7.05 Å². The Labute approximate surface area is 180 Å². The number of ether oxygens (including phenoxy) is 1. The Balaban J connectivity index is 1.78. The van der Waals surface area contributed by atoms with Crippen LogP contribution in [0.25, 0.3) is 10.8 Å². The fraction of sp³-hybridized carbons (Fsp3) is 0.318. The van der Waals surface area contributed by atoms with Crippen molar-refractivity contribution in [2.24, 2.45) is 7.05 Å². The molecule has 8 nitrogen and oxygen atoms in total. The van der Waals surface area contributed by atoms with Crippen molar-refractivity contribution in [3.63, 3.8) is 0 Å². The number of hydrogen-bond donors (Lipinski definition) is 0. The van der Waals surface area contributed by atoms with Crippen molar-refractivity contribution in [1.29, 1.82) is 0 Å². The fourth-order valence-electron chi connectivity index (χ4n) is 3.91. The Bertz CT molecular complexity index is 1300. The molecule has 1 aromatic heterocycles. The van der Waals surface area contributed by atoms with Gasteiger partial charge in [-0.05, 0) is 30.2 Å². The van der Waals surface area contributed by atoms with Crippen LogP contribution in [0.3, 0.4) is 0 Å². The summed E-state index contributed by atoms with van der Waals surface area (Å²) in [5, 5.41) is 5.09. The molecule has 0 saturated carbocycles. The second-order valence-electron chi connectivity index (χ2n) is 7.66. The monoisotopic (exact) mass is 441 g/mol. The molecular weight excluding hydrogens is 418 g/mol. The van der Waals surface area contributed by atoms with Crippen LogP contribution in [0.2, 0.25) is 0 Å². The van der Waals surface area contributed by atoms with Gasteiger partial charge in [0.05, 0.1) is 24.0 Å². The van der Waals surface area contributed by atoms with Crippen LogP contribution in [0.1, 0.15) is 22.5 Å². The average molecular weight is 442 g/mol. The Hall–Kier alpha value is -3.20. The summed E-state index contributed by atoms with van der Waals surface area (Å²) in [6.07, 6.45) is 0.369. The lowest BCUT2D eigenvalue weighted by atomic mass is 10.1. The minimum Gasteiger partial charge on any atom is -0.497 e. The van der Waals surface area contributed by atoms with Crippen LogP contribution in [0.4, 0.5) is 0 Å². The lowest BCUT2D eigenvalue weighted by Crippen LogP contribution is -2.41. The van der Waals surface area contributed by atoms with Crippen LogP contribution >= 0.6 is 0 Å². The molecule has 1 aliphatic heterocycles. The SMILES string of the molecule is COc1ccc(CN(C(=O)c2nn(C)c(=O)c3ccccc23)[C@H]2CCS(=O)(=O)C2)cc1. The van der Waals surface area contributed by atoms with E-state index in [1.807, 2.05) is 12.1 Å². The number of nitrogens with zero attached hydrogens (tertiary/aromatic N) is 3. The van der Waals surface area contributed by atoms with E-state index in [-0.39, 0.29) is 29.3 Å². The Kier molecular flexibility index (Phi) is 5.53. The molecule has 0 spiro atoms. The highest BCUT2D eigenvalue weighted by Gasteiger charge is 2.36. The molecule has 1 atom stereocenters. The molecule has 0 bridgehead atoms. The summed E-state index contributed by atoms with van der Waals surface area (Å²) in [5.74, 6) is 0.255. The van der Waals surface area contributed by atoms with Gasteiger partial charge < -0.3 is 9.64 Å². The Morgan fingerprint density at radius 2 is 1.84 bits per heavy atom. The maximum absolute atomic E-state index is 13.7. The molecule has 1 saturated heterocycles. The normalized spacial score (nSPS) is 17.5. The number of methoxy groups -OCH3 is 1. The first-order valence-electron chi connectivity index (χ1n) is 9.89. The zero-order valence-electron chi connectivity index (χ0n) is 17.3. The molecule has 0 aliphatic carbocycles. The first-order valence-corrected chi connectivity index (χ1v) is 11.7. The van der Waals surface area contributed by atoms with Gasteiger partial charge in [0.2, 0.25) is 0 Å². The highest BCUT2D eigenvalue weighted by atomic mass is 32.2. The summed E-state index contributed by atoms with van der Waals surface area (Å²) in [7, 11) is -0.133. The summed E-state index contributed by atoms with van der Waals surface area (Å²) in [5.41, 5.74) is 0.681. The van der Waals surface area contributed by atoms with Gasteiger partial charge in [0.25, 0.3) is 11.5 Å². The van der Waals surface area contributed by atoms with Gasteiger partial charge in [-0.15, -0.1) is 0 Å². The van der Waals surface area contributed by atoms with Crippen molar-refractivity contribution in [2.75, 3.05) is 18.6 Å². The van der Waals surface area contributed by atoms with Gasteiger partial charge >= 0.3 is 0 Å². The maximum atomic E-state index is 13.7. The molecule has 2 heterocycles. The molecule has 31 heavy (non-hydrogen) atoms. The zero-order valence-corrected chi connectivity index (χ0v) is 18.1. The third-order valence-corrected chi connectivity index (χ3v) is 7.33. The van der Waals surface area contributed by atoms with Crippen molar-refractivity contribution in [3.8, 4) is 5.75 Å². The maximum Gasteiger partial charge on any atom is 0.275 e. The number of amides is 1. The van der Waals surface area contributed by atoms with Gasteiger partial charge in [0.15, 0.2) is 15.5 Å². The van der Waals surface area contributed by atoms with Gasteiger partial charge in [-0.2, -0.15) is 5.10 Å². The number of sulfone groups is 1. The van der Waals surface area contributed by atoms with Crippen LogP contribution in [-0.2, 0) is 23.4 Å². The van der Waals surface area contributed by atoms with E-state index in [1.54, 1.807) is 48.4 Å². The molecule has 1 fully saturated rings. The average Bonchev–Trinajstić information content (AvgIpc) is 3.14. The van der Waals surface area contributed by atoms with E-state index in [9.17, 15) is 18.0 Å². The molecule has 0 N–H and O–H groups in total. The third kappa shape index (κ3) is 4.18. The van der Waals surface area contributed by atoms with Gasteiger partial charge in [-0.3, -0.25) is 9.59 Å². The topological polar surface area (TPSA) is 98.6 Å². The van der Waals surface area contributed by atoms with Crippen molar-refractivity contribution in [3.05, 3.63) is 70.1 Å². The number of aromatic nitrogens is 2. The van der Waals surface area contributed by atoms with Crippen LogP contribution in [0.15, 0.2) is 53.3 Å². The summed E-state index contributed by atoms with van der Waals surface area (Å²) >= 11 is 0. The van der Waals surface area contributed by atoms with Crippen molar-refractivity contribution < 1.29 is 17.9 Å². The molecule has 9 heteroatoms. The van der Waals surface area contributed by atoms with E-state index in [2.05, 4.69) is 5.10 Å². The van der Waals surface area contributed by atoms with Crippen molar-refractivity contribution in [1.82, 2.24) is 14.7 Å². The zero-order chi connectivity index (χ0) is 22.2.